The van der Waals surface area contributed by atoms with E-state index in [-0.39, 0.29) is 0 Å². The van der Waals surface area contributed by atoms with Crippen LogP contribution in [0, 0.1) is 17.2 Å². The lowest BCUT2D eigenvalue weighted by molar-refractivity contribution is 0.647. The fourth-order valence-electron chi connectivity index (χ4n) is 1.43. The zero-order chi connectivity index (χ0) is 13.1. The molecule has 0 aliphatic heterocycles. The topological polar surface area (TPSA) is 23.8 Å². The van der Waals surface area contributed by atoms with Gasteiger partial charge < -0.3 is 0 Å². The van der Waals surface area contributed by atoms with Gasteiger partial charge in [0.05, 0.1) is 6.07 Å². The molecule has 1 heteroatoms. The van der Waals surface area contributed by atoms with Crippen molar-refractivity contribution in [1.29, 1.82) is 5.26 Å². The van der Waals surface area contributed by atoms with Gasteiger partial charge in [0, 0.05) is 6.08 Å². The van der Waals surface area contributed by atoms with E-state index < -0.39 is 0 Å². The van der Waals surface area contributed by atoms with E-state index in [1.165, 1.54) is 23.6 Å². The summed E-state index contributed by atoms with van der Waals surface area (Å²) in [4.78, 5) is 0. The van der Waals surface area contributed by atoms with Crippen molar-refractivity contribution < 1.29 is 0 Å². The average Bonchev–Trinajstić information content (AvgIpc) is 2.32. The second kappa shape index (κ2) is 9.42. The van der Waals surface area contributed by atoms with Crippen LogP contribution in [0.3, 0.4) is 0 Å². The molecule has 0 aliphatic rings. The van der Waals surface area contributed by atoms with Crippen LogP contribution in [0.5, 0.6) is 0 Å². The Morgan fingerprint density at radius 3 is 2.18 bits per heavy atom. The molecular formula is C16H21N. The number of hydrogen-bond acceptors (Lipinski definition) is 1. The first-order valence-corrected chi connectivity index (χ1v) is 5.86. The minimum absolute atomic E-state index is 0.743. The third-order valence-corrected chi connectivity index (χ3v) is 2.07. The molecule has 1 aromatic rings. The summed E-state index contributed by atoms with van der Waals surface area (Å²) in [5, 5.41) is 7.51. The minimum Gasteiger partial charge on any atom is -0.193 e. The summed E-state index contributed by atoms with van der Waals surface area (Å²) in [5.41, 5.74) is 2.72. The van der Waals surface area contributed by atoms with E-state index in [4.69, 9.17) is 5.26 Å². The van der Waals surface area contributed by atoms with Crippen molar-refractivity contribution in [2.75, 3.05) is 0 Å². The van der Waals surface area contributed by atoms with Crippen molar-refractivity contribution in [3.05, 3.63) is 54.1 Å². The average molecular weight is 227 g/mol. The molecule has 0 N–H and O–H groups in total. The maximum absolute atomic E-state index is 7.51. The zero-order valence-electron chi connectivity index (χ0n) is 11.0. The molecule has 0 atom stereocenters. The van der Waals surface area contributed by atoms with Crippen molar-refractivity contribution >= 4 is 6.08 Å². The number of allylic oxidation sites excluding steroid dienone is 2. The molecule has 0 aromatic heterocycles. The van der Waals surface area contributed by atoms with Crippen LogP contribution in [0.4, 0.5) is 0 Å². The van der Waals surface area contributed by atoms with Gasteiger partial charge >= 0.3 is 0 Å². The largest absolute Gasteiger partial charge is 0.193 e. The van der Waals surface area contributed by atoms with Gasteiger partial charge in [0.2, 0.25) is 0 Å². The minimum atomic E-state index is 0.743. The number of nitriles is 1. The van der Waals surface area contributed by atoms with Gasteiger partial charge in [-0.2, -0.15) is 5.26 Å². The number of rotatable bonds is 3. The Bertz CT molecular complexity index is 377. The van der Waals surface area contributed by atoms with Crippen LogP contribution in [0.1, 0.15) is 31.9 Å². The number of nitrogens with zero attached hydrogens (tertiary/aromatic N) is 1. The van der Waals surface area contributed by atoms with E-state index in [2.05, 4.69) is 56.8 Å². The lowest BCUT2D eigenvalue weighted by Gasteiger charge is -2.04. The van der Waals surface area contributed by atoms with Crippen LogP contribution >= 0.6 is 0 Å². The molecule has 0 heterocycles. The molecule has 1 rings (SSSR count). The van der Waals surface area contributed by atoms with Crippen molar-refractivity contribution in [2.45, 2.75) is 27.2 Å². The van der Waals surface area contributed by atoms with Crippen LogP contribution in [0.25, 0.3) is 6.08 Å². The Morgan fingerprint density at radius 1 is 1.29 bits per heavy atom. The van der Waals surface area contributed by atoms with Crippen molar-refractivity contribution in [3.63, 3.8) is 0 Å². The summed E-state index contributed by atoms with van der Waals surface area (Å²) in [7, 11) is 0. The molecule has 0 amide bonds. The normalized spacial score (nSPS) is 9.59. The SMILES string of the molecule is C/C=C/c1ccc(CC(C)C)cc1.C=CC#N. The third-order valence-electron chi connectivity index (χ3n) is 2.07. The van der Waals surface area contributed by atoms with E-state index >= 15 is 0 Å². The Labute approximate surface area is 105 Å². The van der Waals surface area contributed by atoms with Crippen LogP contribution < -0.4 is 0 Å². The second-order valence-electron chi connectivity index (χ2n) is 4.17. The van der Waals surface area contributed by atoms with E-state index in [9.17, 15) is 0 Å². The van der Waals surface area contributed by atoms with E-state index in [1.807, 2.05) is 6.92 Å². The predicted octanol–water partition coefficient (Wildman–Crippen LogP) is 4.61. The lowest BCUT2D eigenvalue weighted by Crippen LogP contribution is -1.93. The van der Waals surface area contributed by atoms with Gasteiger partial charge in [0.1, 0.15) is 0 Å². The highest BCUT2D eigenvalue weighted by atomic mass is 14.2. The van der Waals surface area contributed by atoms with Crippen LogP contribution in [-0.2, 0) is 6.42 Å². The summed E-state index contributed by atoms with van der Waals surface area (Å²) in [6.07, 6.45) is 6.55. The van der Waals surface area contributed by atoms with Crippen LogP contribution in [-0.4, -0.2) is 0 Å². The summed E-state index contributed by atoms with van der Waals surface area (Å²) >= 11 is 0. The predicted molar refractivity (Wildman–Crippen MR) is 75.5 cm³/mol. The summed E-state index contributed by atoms with van der Waals surface area (Å²) in [6, 6.07) is 10.5. The van der Waals surface area contributed by atoms with Gasteiger partial charge in [0.15, 0.2) is 0 Å². The molecular weight excluding hydrogens is 206 g/mol. The summed E-state index contributed by atoms with van der Waals surface area (Å²) in [6.45, 7) is 9.66. The van der Waals surface area contributed by atoms with Crippen molar-refractivity contribution in [1.82, 2.24) is 0 Å². The fourth-order valence-corrected chi connectivity index (χ4v) is 1.43. The maximum Gasteiger partial charge on any atom is 0.0905 e. The molecule has 0 radical (unpaired) electrons. The molecule has 1 nitrogen and oxygen atoms in total. The number of hydrogen-bond donors (Lipinski definition) is 0. The smallest absolute Gasteiger partial charge is 0.0905 e. The quantitative estimate of drug-likeness (QED) is 0.691. The molecule has 0 unspecified atom stereocenters. The first-order valence-electron chi connectivity index (χ1n) is 5.86. The van der Waals surface area contributed by atoms with Crippen LogP contribution in [0.15, 0.2) is 43.0 Å². The number of benzene rings is 1. The van der Waals surface area contributed by atoms with Crippen LogP contribution in [0.2, 0.25) is 0 Å². The first-order chi connectivity index (χ1) is 8.13. The van der Waals surface area contributed by atoms with Gasteiger partial charge in [-0.1, -0.05) is 56.8 Å². The maximum atomic E-state index is 7.51. The van der Waals surface area contributed by atoms with Gasteiger partial charge in [0.25, 0.3) is 0 Å². The van der Waals surface area contributed by atoms with Crippen molar-refractivity contribution in [2.24, 2.45) is 5.92 Å². The Morgan fingerprint density at radius 2 is 1.82 bits per heavy atom. The molecule has 1 aromatic carbocycles. The highest BCUT2D eigenvalue weighted by Crippen LogP contribution is 2.10. The first kappa shape index (κ1) is 15.2. The molecule has 90 valence electrons. The monoisotopic (exact) mass is 227 g/mol. The molecule has 17 heavy (non-hydrogen) atoms. The fraction of sp³-hybridized carbons (Fsp3) is 0.312. The molecule has 0 saturated heterocycles. The standard InChI is InChI=1S/C13H18.C3H3N/c1-4-5-12-6-8-13(9-7-12)10-11(2)3;1-2-3-4/h4-9,11H,10H2,1-3H3;2H,1H2/b5-4+;. The van der Waals surface area contributed by atoms with Gasteiger partial charge in [-0.25, -0.2) is 0 Å². The molecule has 0 fully saturated rings. The highest BCUT2D eigenvalue weighted by molar-refractivity contribution is 5.49. The molecule has 0 spiro atoms. The molecule has 0 saturated carbocycles. The van der Waals surface area contributed by atoms with E-state index in [0.717, 1.165) is 5.92 Å². The lowest BCUT2D eigenvalue weighted by atomic mass is 10.0. The van der Waals surface area contributed by atoms with Crippen molar-refractivity contribution in [3.8, 4) is 6.07 Å². The third kappa shape index (κ3) is 8.04. The second-order valence-corrected chi connectivity index (χ2v) is 4.17. The molecule has 0 bridgehead atoms. The Balaban J connectivity index is 0.000000557. The Hall–Kier alpha value is -1.81. The molecule has 0 aliphatic carbocycles. The van der Waals surface area contributed by atoms with Gasteiger partial charge in [-0.3, -0.25) is 0 Å². The Kier molecular flexibility index (Phi) is 8.42. The highest BCUT2D eigenvalue weighted by Gasteiger charge is 1.96. The van der Waals surface area contributed by atoms with E-state index in [0.29, 0.717) is 0 Å². The zero-order valence-corrected chi connectivity index (χ0v) is 11.0. The summed E-state index contributed by atoms with van der Waals surface area (Å²) in [5.74, 6) is 0.743. The van der Waals surface area contributed by atoms with Gasteiger partial charge in [-0.15, -0.1) is 0 Å². The van der Waals surface area contributed by atoms with Gasteiger partial charge in [-0.05, 0) is 30.4 Å². The summed E-state index contributed by atoms with van der Waals surface area (Å²) < 4.78 is 0. The van der Waals surface area contributed by atoms with E-state index in [1.54, 1.807) is 6.07 Å².